The molecule has 2 aromatic rings. The molecule has 0 atom stereocenters. The molecule has 82 valence electrons. The lowest BCUT2D eigenvalue weighted by Gasteiger charge is -1.93. The molecule has 0 spiro atoms. The summed E-state index contributed by atoms with van der Waals surface area (Å²) in [4.78, 5) is 26.5. The van der Waals surface area contributed by atoms with Crippen LogP contribution in [0.15, 0.2) is 22.6 Å². The number of esters is 1. The van der Waals surface area contributed by atoms with Crippen LogP contribution in [0.3, 0.4) is 0 Å². The Hall–Kier alpha value is -2.17. The minimum Gasteiger partial charge on any atom is -0.462 e. The van der Waals surface area contributed by atoms with Crippen molar-refractivity contribution in [3.8, 4) is 0 Å². The molecular formula is C11H9NO4. The lowest BCUT2D eigenvalue weighted by atomic mass is 10.1. The summed E-state index contributed by atoms with van der Waals surface area (Å²) in [5.74, 6) is -0.938. The summed E-state index contributed by atoms with van der Waals surface area (Å²) in [7, 11) is 1.24. The van der Waals surface area contributed by atoms with Crippen molar-refractivity contribution in [1.29, 1.82) is 0 Å². The molecule has 0 radical (unpaired) electrons. The second kappa shape index (κ2) is 3.77. The Morgan fingerprint density at radius 3 is 2.75 bits per heavy atom. The average Bonchev–Trinajstić information content (AvgIpc) is 2.70. The second-order valence-electron chi connectivity index (χ2n) is 3.22. The number of Topliss-reactive ketones (excluding diaryl/α,β-unsaturated/α-hetero) is 1. The molecule has 0 aliphatic heterocycles. The molecule has 5 nitrogen and oxygen atoms in total. The second-order valence-corrected chi connectivity index (χ2v) is 3.22. The Labute approximate surface area is 91.0 Å². The number of hydrogen-bond acceptors (Lipinski definition) is 5. The minimum absolute atomic E-state index is 0.129. The summed E-state index contributed by atoms with van der Waals surface area (Å²) in [6, 6.07) is 4.95. The van der Waals surface area contributed by atoms with Gasteiger partial charge in [-0.25, -0.2) is 9.78 Å². The molecule has 0 bridgehead atoms. The molecular weight excluding hydrogens is 210 g/mol. The Morgan fingerprint density at radius 2 is 2.12 bits per heavy atom. The Morgan fingerprint density at radius 1 is 1.38 bits per heavy atom. The Kier molecular flexibility index (Phi) is 2.44. The van der Waals surface area contributed by atoms with E-state index < -0.39 is 5.97 Å². The van der Waals surface area contributed by atoms with E-state index in [2.05, 4.69) is 9.72 Å². The van der Waals surface area contributed by atoms with Gasteiger partial charge >= 0.3 is 11.9 Å². The molecule has 0 fully saturated rings. The molecule has 1 heterocycles. The normalized spacial score (nSPS) is 10.4. The summed E-state index contributed by atoms with van der Waals surface area (Å²) < 4.78 is 9.66. The van der Waals surface area contributed by atoms with Gasteiger partial charge in [0.25, 0.3) is 0 Å². The van der Waals surface area contributed by atoms with Crippen molar-refractivity contribution in [2.24, 2.45) is 0 Å². The summed E-state index contributed by atoms with van der Waals surface area (Å²) in [6.45, 7) is 1.43. The highest BCUT2D eigenvalue weighted by atomic mass is 16.5. The zero-order valence-corrected chi connectivity index (χ0v) is 8.81. The number of ketones is 1. The Balaban J connectivity index is 2.65. The van der Waals surface area contributed by atoms with Crippen molar-refractivity contribution in [1.82, 2.24) is 4.98 Å². The number of rotatable bonds is 2. The molecule has 1 aromatic heterocycles. The minimum atomic E-state index is -0.661. The van der Waals surface area contributed by atoms with Crippen LogP contribution in [0.1, 0.15) is 28.0 Å². The SMILES string of the molecule is COC(=O)c1nc2c(C(C)=O)cccc2o1. The third kappa shape index (κ3) is 1.56. The first kappa shape index (κ1) is 10.4. The van der Waals surface area contributed by atoms with Crippen LogP contribution >= 0.6 is 0 Å². The molecule has 5 heteroatoms. The van der Waals surface area contributed by atoms with Crippen LogP contribution in [0, 0.1) is 0 Å². The largest absolute Gasteiger partial charge is 0.462 e. The van der Waals surface area contributed by atoms with Gasteiger partial charge in [-0.05, 0) is 19.1 Å². The van der Waals surface area contributed by atoms with Crippen molar-refractivity contribution in [2.75, 3.05) is 7.11 Å². The number of hydrogen-bond donors (Lipinski definition) is 0. The van der Waals surface area contributed by atoms with Crippen LogP contribution in [0.25, 0.3) is 11.1 Å². The molecule has 1 aromatic carbocycles. The first-order valence-corrected chi connectivity index (χ1v) is 4.62. The van der Waals surface area contributed by atoms with Crippen molar-refractivity contribution >= 4 is 22.9 Å². The fourth-order valence-electron chi connectivity index (χ4n) is 1.41. The van der Waals surface area contributed by atoms with Crippen molar-refractivity contribution in [2.45, 2.75) is 6.92 Å². The van der Waals surface area contributed by atoms with Crippen LogP contribution in [0.2, 0.25) is 0 Å². The van der Waals surface area contributed by atoms with Gasteiger partial charge in [0, 0.05) is 5.56 Å². The van der Waals surface area contributed by atoms with Crippen LogP contribution in [0.4, 0.5) is 0 Å². The van der Waals surface area contributed by atoms with Gasteiger partial charge in [0.2, 0.25) is 0 Å². The van der Waals surface area contributed by atoms with Crippen LogP contribution in [0.5, 0.6) is 0 Å². The number of oxazole rings is 1. The summed E-state index contributed by atoms with van der Waals surface area (Å²) in [5, 5.41) is 0. The van der Waals surface area contributed by atoms with E-state index in [9.17, 15) is 9.59 Å². The van der Waals surface area contributed by atoms with Gasteiger partial charge in [-0.1, -0.05) is 6.07 Å². The molecule has 0 amide bonds. The number of benzene rings is 1. The number of nitrogens with zero attached hydrogens (tertiary/aromatic N) is 1. The summed E-state index contributed by atoms with van der Waals surface area (Å²) >= 11 is 0. The topological polar surface area (TPSA) is 69.4 Å². The van der Waals surface area contributed by atoms with Gasteiger partial charge in [0.15, 0.2) is 11.4 Å². The molecule has 0 N–H and O–H groups in total. The molecule has 2 rings (SSSR count). The lowest BCUT2D eigenvalue weighted by molar-refractivity contribution is 0.0558. The van der Waals surface area contributed by atoms with E-state index in [1.165, 1.54) is 14.0 Å². The average molecular weight is 219 g/mol. The highest BCUT2D eigenvalue weighted by Crippen LogP contribution is 2.20. The maximum absolute atomic E-state index is 11.3. The van der Waals surface area contributed by atoms with Gasteiger partial charge in [-0.15, -0.1) is 0 Å². The standard InChI is InChI=1S/C11H9NO4/c1-6(13)7-4-3-5-8-9(7)12-10(16-8)11(14)15-2/h3-5H,1-2H3. The van der Waals surface area contributed by atoms with E-state index in [-0.39, 0.29) is 11.7 Å². The van der Waals surface area contributed by atoms with Crippen molar-refractivity contribution in [3.63, 3.8) is 0 Å². The number of para-hydroxylation sites is 1. The van der Waals surface area contributed by atoms with E-state index >= 15 is 0 Å². The van der Waals surface area contributed by atoms with Gasteiger partial charge < -0.3 is 9.15 Å². The number of fused-ring (bicyclic) bond motifs is 1. The lowest BCUT2D eigenvalue weighted by Crippen LogP contribution is -2.01. The molecule has 0 aliphatic rings. The highest BCUT2D eigenvalue weighted by molar-refractivity contribution is 6.05. The Bertz CT molecular complexity index is 570. The number of carbonyl (C=O) groups is 2. The highest BCUT2D eigenvalue weighted by Gasteiger charge is 2.17. The smallest absolute Gasteiger partial charge is 0.394 e. The van der Waals surface area contributed by atoms with E-state index in [1.807, 2.05) is 0 Å². The van der Waals surface area contributed by atoms with Crippen molar-refractivity contribution < 1.29 is 18.7 Å². The monoisotopic (exact) mass is 219 g/mol. The predicted molar refractivity (Wildman–Crippen MR) is 55.4 cm³/mol. The van der Waals surface area contributed by atoms with E-state index in [4.69, 9.17) is 4.42 Å². The third-order valence-electron chi connectivity index (χ3n) is 2.16. The van der Waals surface area contributed by atoms with Crippen molar-refractivity contribution in [3.05, 3.63) is 29.7 Å². The van der Waals surface area contributed by atoms with Crippen LogP contribution in [-0.4, -0.2) is 23.8 Å². The number of carbonyl (C=O) groups excluding carboxylic acids is 2. The van der Waals surface area contributed by atoms with Crippen LogP contribution in [-0.2, 0) is 4.74 Å². The quantitative estimate of drug-likeness (QED) is 0.569. The van der Waals surface area contributed by atoms with E-state index in [0.29, 0.717) is 16.7 Å². The fraction of sp³-hybridized carbons (Fsp3) is 0.182. The number of ether oxygens (including phenoxy) is 1. The molecule has 0 unspecified atom stereocenters. The van der Waals surface area contributed by atoms with Gasteiger partial charge in [-0.2, -0.15) is 0 Å². The number of aromatic nitrogens is 1. The zero-order valence-electron chi connectivity index (χ0n) is 8.81. The first-order valence-electron chi connectivity index (χ1n) is 4.62. The van der Waals surface area contributed by atoms with Gasteiger partial charge in [0.05, 0.1) is 7.11 Å². The first-order chi connectivity index (χ1) is 7.63. The molecule has 16 heavy (non-hydrogen) atoms. The summed E-state index contributed by atoms with van der Waals surface area (Å²) in [5.41, 5.74) is 1.21. The van der Waals surface area contributed by atoms with Gasteiger partial charge in [0.1, 0.15) is 5.52 Å². The third-order valence-corrected chi connectivity index (χ3v) is 2.16. The predicted octanol–water partition coefficient (Wildman–Crippen LogP) is 1.82. The molecule has 0 aliphatic carbocycles. The molecule has 0 saturated heterocycles. The van der Waals surface area contributed by atoms with E-state index in [1.54, 1.807) is 18.2 Å². The fourth-order valence-corrected chi connectivity index (χ4v) is 1.41. The van der Waals surface area contributed by atoms with Crippen LogP contribution < -0.4 is 0 Å². The van der Waals surface area contributed by atoms with E-state index in [0.717, 1.165) is 0 Å². The maximum atomic E-state index is 11.3. The molecule has 0 saturated carbocycles. The van der Waals surface area contributed by atoms with Gasteiger partial charge in [-0.3, -0.25) is 4.79 Å². The zero-order chi connectivity index (χ0) is 11.7. The summed E-state index contributed by atoms with van der Waals surface area (Å²) in [6.07, 6.45) is 0. The number of methoxy groups -OCH3 is 1. The maximum Gasteiger partial charge on any atom is 0.394 e.